The van der Waals surface area contributed by atoms with Crippen LogP contribution in [0.1, 0.15) is 23.2 Å². The van der Waals surface area contributed by atoms with Gasteiger partial charge >= 0.3 is 0 Å². The maximum absolute atomic E-state index is 11.9. The number of carbonyl (C=O) groups excluding carboxylic acids is 1. The number of benzene rings is 1. The fourth-order valence-corrected chi connectivity index (χ4v) is 2.47. The zero-order chi connectivity index (χ0) is 14.1. The molecule has 0 spiro atoms. The minimum absolute atomic E-state index is 0.0661. The van der Waals surface area contributed by atoms with Gasteiger partial charge in [0.2, 0.25) is 0 Å². The Balaban J connectivity index is 2.07. The van der Waals surface area contributed by atoms with E-state index in [1.54, 1.807) is 12.1 Å². The second-order valence-electron chi connectivity index (χ2n) is 5.14. The monoisotopic (exact) mass is 283 g/mol. The Hall–Kier alpha value is -1.40. The molecule has 104 valence electrons. The second-order valence-corrected chi connectivity index (χ2v) is 7.16. The normalized spacial score (nSPS) is 16.9. The van der Waals surface area contributed by atoms with Crippen molar-refractivity contribution in [3.05, 3.63) is 29.8 Å². The molecule has 19 heavy (non-hydrogen) atoms. The lowest BCUT2D eigenvalue weighted by Crippen LogP contribution is -2.31. The number of aliphatic hydroxyl groups excluding tert-OH is 1. The summed E-state index contributed by atoms with van der Waals surface area (Å²) in [4.78, 5) is 12.1. The van der Waals surface area contributed by atoms with Crippen LogP contribution in [0.2, 0.25) is 0 Å². The molecule has 0 aliphatic heterocycles. The number of rotatable bonds is 5. The highest BCUT2D eigenvalue weighted by Gasteiger charge is 2.42. The smallest absolute Gasteiger partial charge is 0.251 e. The molecule has 2 rings (SSSR count). The summed E-state index contributed by atoms with van der Waals surface area (Å²) in [5, 5.41) is 11.9. The Morgan fingerprint density at radius 1 is 1.42 bits per heavy atom. The third kappa shape index (κ3) is 3.33. The van der Waals surface area contributed by atoms with Crippen LogP contribution in [0.3, 0.4) is 0 Å². The molecule has 5 nitrogen and oxygen atoms in total. The number of hydrogen-bond donors (Lipinski definition) is 2. The van der Waals surface area contributed by atoms with E-state index in [4.69, 9.17) is 5.11 Å². The molecule has 1 aliphatic carbocycles. The van der Waals surface area contributed by atoms with Gasteiger partial charge in [0.25, 0.3) is 5.91 Å². The summed E-state index contributed by atoms with van der Waals surface area (Å²) in [5.74, 6) is -0.315. The van der Waals surface area contributed by atoms with Crippen molar-refractivity contribution in [2.45, 2.75) is 17.7 Å². The average Bonchev–Trinajstić information content (AvgIpc) is 3.16. The first-order chi connectivity index (χ1) is 8.86. The van der Waals surface area contributed by atoms with E-state index < -0.39 is 9.84 Å². The van der Waals surface area contributed by atoms with Crippen LogP contribution in [0, 0.1) is 5.41 Å². The van der Waals surface area contributed by atoms with Crippen LogP contribution in [-0.2, 0) is 9.84 Å². The highest BCUT2D eigenvalue weighted by Crippen LogP contribution is 2.44. The standard InChI is InChI=1S/C13H17NO4S/c1-19(17,18)11-4-2-3-10(7-11)12(16)14-8-13(9-15)5-6-13/h2-4,7,15H,5-6,8-9H2,1H3,(H,14,16). The van der Waals surface area contributed by atoms with Crippen molar-refractivity contribution in [2.75, 3.05) is 19.4 Å². The number of nitrogens with one attached hydrogen (secondary N) is 1. The zero-order valence-corrected chi connectivity index (χ0v) is 11.5. The molecule has 1 aliphatic rings. The van der Waals surface area contributed by atoms with Crippen LogP contribution in [0.25, 0.3) is 0 Å². The first-order valence-corrected chi connectivity index (χ1v) is 7.95. The van der Waals surface area contributed by atoms with Crippen molar-refractivity contribution in [3.8, 4) is 0 Å². The third-order valence-corrected chi connectivity index (χ3v) is 4.55. The molecule has 0 atom stereocenters. The summed E-state index contributed by atoms with van der Waals surface area (Å²) < 4.78 is 22.8. The molecular formula is C13H17NO4S. The average molecular weight is 283 g/mol. The van der Waals surface area contributed by atoms with E-state index in [1.165, 1.54) is 12.1 Å². The van der Waals surface area contributed by atoms with Gasteiger partial charge in [-0.25, -0.2) is 8.42 Å². The van der Waals surface area contributed by atoms with Crippen LogP contribution < -0.4 is 5.32 Å². The van der Waals surface area contributed by atoms with Crippen molar-refractivity contribution in [1.82, 2.24) is 5.32 Å². The van der Waals surface area contributed by atoms with Crippen molar-refractivity contribution >= 4 is 15.7 Å². The van der Waals surface area contributed by atoms with E-state index in [0.717, 1.165) is 19.1 Å². The third-order valence-electron chi connectivity index (χ3n) is 3.44. The first-order valence-electron chi connectivity index (χ1n) is 6.06. The van der Waals surface area contributed by atoms with Crippen LogP contribution >= 0.6 is 0 Å². The van der Waals surface area contributed by atoms with Crippen molar-refractivity contribution in [1.29, 1.82) is 0 Å². The molecule has 2 N–H and O–H groups in total. The second kappa shape index (κ2) is 4.94. The van der Waals surface area contributed by atoms with Gasteiger partial charge in [0.15, 0.2) is 9.84 Å². The molecule has 1 aromatic carbocycles. The topological polar surface area (TPSA) is 83.5 Å². The maximum Gasteiger partial charge on any atom is 0.251 e. The van der Waals surface area contributed by atoms with E-state index in [2.05, 4.69) is 5.32 Å². The number of carbonyl (C=O) groups is 1. The molecule has 1 fully saturated rings. The molecule has 0 aromatic heterocycles. The largest absolute Gasteiger partial charge is 0.396 e. The van der Waals surface area contributed by atoms with Gasteiger partial charge in [0.05, 0.1) is 11.5 Å². The van der Waals surface area contributed by atoms with Gasteiger partial charge in [0, 0.05) is 23.8 Å². The highest BCUT2D eigenvalue weighted by atomic mass is 32.2. The van der Waals surface area contributed by atoms with E-state index >= 15 is 0 Å². The summed E-state index contributed by atoms with van der Waals surface area (Å²) in [6.45, 7) is 0.488. The van der Waals surface area contributed by atoms with Gasteiger partial charge in [-0.1, -0.05) is 6.07 Å². The van der Waals surface area contributed by atoms with E-state index in [1.807, 2.05) is 0 Å². The summed E-state index contributed by atoms with van der Waals surface area (Å²) in [6.07, 6.45) is 2.93. The Bertz CT molecular complexity index is 590. The van der Waals surface area contributed by atoms with E-state index in [0.29, 0.717) is 12.1 Å². The van der Waals surface area contributed by atoms with E-state index in [-0.39, 0.29) is 22.8 Å². The van der Waals surface area contributed by atoms with Crippen molar-refractivity contribution in [2.24, 2.45) is 5.41 Å². The first kappa shape index (κ1) is 14.0. The Morgan fingerprint density at radius 3 is 2.63 bits per heavy atom. The molecular weight excluding hydrogens is 266 g/mol. The van der Waals surface area contributed by atoms with Gasteiger partial charge in [-0.3, -0.25) is 4.79 Å². The number of amides is 1. The van der Waals surface area contributed by atoms with Crippen LogP contribution in [0.15, 0.2) is 29.2 Å². The van der Waals surface area contributed by atoms with Gasteiger partial charge < -0.3 is 10.4 Å². The lowest BCUT2D eigenvalue weighted by atomic mass is 10.1. The van der Waals surface area contributed by atoms with Gasteiger partial charge in [-0.15, -0.1) is 0 Å². The number of aliphatic hydroxyl groups is 1. The molecule has 6 heteroatoms. The van der Waals surface area contributed by atoms with Gasteiger partial charge in [-0.2, -0.15) is 0 Å². The minimum atomic E-state index is -3.31. The van der Waals surface area contributed by atoms with Gasteiger partial charge in [-0.05, 0) is 31.0 Å². The molecule has 1 saturated carbocycles. The van der Waals surface area contributed by atoms with Crippen molar-refractivity contribution < 1.29 is 18.3 Å². The quantitative estimate of drug-likeness (QED) is 0.828. The predicted octanol–water partition coefficient (Wildman–Crippen LogP) is 0.592. The molecule has 1 aromatic rings. The summed E-state index contributed by atoms with van der Waals surface area (Å²) in [5.41, 5.74) is 0.154. The van der Waals surface area contributed by atoms with Crippen LogP contribution in [0.4, 0.5) is 0 Å². The molecule has 0 saturated heterocycles. The number of hydrogen-bond acceptors (Lipinski definition) is 4. The van der Waals surface area contributed by atoms with Crippen LogP contribution in [-0.4, -0.2) is 38.8 Å². The minimum Gasteiger partial charge on any atom is -0.396 e. The predicted molar refractivity (Wildman–Crippen MR) is 70.6 cm³/mol. The summed E-state index contributed by atoms with van der Waals surface area (Å²) in [6, 6.07) is 5.94. The molecule has 0 unspecified atom stereocenters. The highest BCUT2D eigenvalue weighted by molar-refractivity contribution is 7.90. The fraction of sp³-hybridized carbons (Fsp3) is 0.462. The van der Waals surface area contributed by atoms with Crippen molar-refractivity contribution in [3.63, 3.8) is 0 Å². The summed E-state index contributed by atoms with van der Waals surface area (Å²) >= 11 is 0. The van der Waals surface area contributed by atoms with E-state index in [9.17, 15) is 13.2 Å². The molecule has 0 radical (unpaired) electrons. The Labute approximate surface area is 112 Å². The summed E-state index contributed by atoms with van der Waals surface area (Å²) in [7, 11) is -3.31. The SMILES string of the molecule is CS(=O)(=O)c1cccc(C(=O)NCC2(CO)CC2)c1. The fourth-order valence-electron chi connectivity index (χ4n) is 1.81. The van der Waals surface area contributed by atoms with Crippen LogP contribution in [0.5, 0.6) is 0 Å². The molecule has 1 amide bonds. The molecule has 0 heterocycles. The van der Waals surface area contributed by atoms with Gasteiger partial charge in [0.1, 0.15) is 0 Å². The zero-order valence-electron chi connectivity index (χ0n) is 10.7. The lowest BCUT2D eigenvalue weighted by molar-refractivity contribution is 0.0935. The Morgan fingerprint density at radius 2 is 2.11 bits per heavy atom. The number of sulfone groups is 1. The lowest BCUT2D eigenvalue weighted by Gasteiger charge is -2.12. The maximum atomic E-state index is 11.9. The Kier molecular flexibility index (Phi) is 3.64. The molecule has 0 bridgehead atoms.